The summed E-state index contributed by atoms with van der Waals surface area (Å²) in [5.74, 6) is -0.227. The van der Waals surface area contributed by atoms with Crippen LogP contribution in [0.4, 0.5) is 11.4 Å². The molecule has 0 heterocycles. The van der Waals surface area contributed by atoms with Gasteiger partial charge in [-0.05, 0) is 44.5 Å². The first-order valence-electron chi connectivity index (χ1n) is 7.08. The molecule has 0 saturated carbocycles. The van der Waals surface area contributed by atoms with E-state index >= 15 is 0 Å². The van der Waals surface area contributed by atoms with Crippen LogP contribution in [0.1, 0.15) is 28.4 Å². The van der Waals surface area contributed by atoms with Gasteiger partial charge in [0.1, 0.15) is 0 Å². The number of benzene rings is 2. The molecular weight excluding hydrogens is 280 g/mol. The van der Waals surface area contributed by atoms with Crippen LogP contribution in [0.5, 0.6) is 0 Å². The molecule has 22 heavy (non-hydrogen) atoms. The molecule has 0 radical (unpaired) electrons. The van der Waals surface area contributed by atoms with E-state index in [1.807, 2.05) is 38.1 Å². The maximum absolute atomic E-state index is 12.8. The highest BCUT2D eigenvalue weighted by Gasteiger charge is 2.22. The van der Waals surface area contributed by atoms with Crippen molar-refractivity contribution in [2.45, 2.75) is 20.8 Å². The zero-order valence-electron chi connectivity index (χ0n) is 12.9. The number of nitro benzene ring substituents is 1. The minimum Gasteiger partial charge on any atom is -0.309 e. The smallest absolute Gasteiger partial charge is 0.273 e. The van der Waals surface area contributed by atoms with E-state index in [0.717, 1.165) is 11.3 Å². The molecule has 2 aromatic rings. The summed E-state index contributed by atoms with van der Waals surface area (Å²) in [5.41, 5.74) is 2.56. The molecule has 0 spiro atoms. The molecule has 1 amide bonds. The van der Waals surface area contributed by atoms with E-state index in [0.29, 0.717) is 17.7 Å². The Hall–Kier alpha value is -2.69. The number of anilines is 1. The molecule has 0 fully saturated rings. The molecule has 2 rings (SSSR count). The summed E-state index contributed by atoms with van der Waals surface area (Å²) < 4.78 is 0. The number of amides is 1. The fraction of sp³-hybridized carbons (Fsp3) is 0.235. The van der Waals surface area contributed by atoms with Crippen LogP contribution in [-0.4, -0.2) is 17.4 Å². The highest BCUT2D eigenvalue weighted by atomic mass is 16.6. The first-order valence-corrected chi connectivity index (χ1v) is 7.08. The fourth-order valence-electron chi connectivity index (χ4n) is 2.44. The van der Waals surface area contributed by atoms with E-state index in [9.17, 15) is 14.9 Å². The lowest BCUT2D eigenvalue weighted by atomic mass is 10.0. The molecule has 0 aromatic heterocycles. The van der Waals surface area contributed by atoms with Gasteiger partial charge in [0, 0.05) is 29.4 Å². The van der Waals surface area contributed by atoms with Crippen molar-refractivity contribution in [1.82, 2.24) is 0 Å². The van der Waals surface area contributed by atoms with Crippen molar-refractivity contribution in [2.24, 2.45) is 0 Å². The van der Waals surface area contributed by atoms with Gasteiger partial charge < -0.3 is 4.90 Å². The number of nitro groups is 1. The van der Waals surface area contributed by atoms with Gasteiger partial charge in [0.25, 0.3) is 11.6 Å². The topological polar surface area (TPSA) is 63.5 Å². The van der Waals surface area contributed by atoms with Gasteiger partial charge in [-0.2, -0.15) is 0 Å². The number of carbonyl (C=O) groups excluding carboxylic acids is 1. The Morgan fingerprint density at radius 2 is 1.86 bits per heavy atom. The molecule has 2 aromatic carbocycles. The first kappa shape index (κ1) is 15.7. The van der Waals surface area contributed by atoms with Crippen LogP contribution in [0.3, 0.4) is 0 Å². The Morgan fingerprint density at radius 1 is 1.18 bits per heavy atom. The minimum absolute atomic E-state index is 0.0360. The molecule has 114 valence electrons. The normalized spacial score (nSPS) is 10.3. The molecule has 0 aliphatic carbocycles. The first-order chi connectivity index (χ1) is 10.5. The summed E-state index contributed by atoms with van der Waals surface area (Å²) in [4.78, 5) is 25.0. The maximum atomic E-state index is 12.8. The third-order valence-corrected chi connectivity index (χ3v) is 3.61. The van der Waals surface area contributed by atoms with Crippen LogP contribution in [-0.2, 0) is 0 Å². The minimum atomic E-state index is -0.463. The maximum Gasteiger partial charge on any atom is 0.273 e. The number of carbonyl (C=O) groups is 1. The van der Waals surface area contributed by atoms with Gasteiger partial charge in [0.15, 0.2) is 0 Å². The lowest BCUT2D eigenvalue weighted by Crippen LogP contribution is -2.31. The zero-order chi connectivity index (χ0) is 16.3. The third-order valence-electron chi connectivity index (χ3n) is 3.61. The van der Waals surface area contributed by atoms with Gasteiger partial charge in [-0.15, -0.1) is 0 Å². The van der Waals surface area contributed by atoms with E-state index in [4.69, 9.17) is 0 Å². The van der Waals surface area contributed by atoms with E-state index in [2.05, 4.69) is 0 Å². The van der Waals surface area contributed by atoms with E-state index in [1.165, 1.54) is 6.07 Å². The van der Waals surface area contributed by atoms with Crippen LogP contribution in [0.25, 0.3) is 0 Å². The van der Waals surface area contributed by atoms with Crippen molar-refractivity contribution >= 4 is 17.3 Å². The standard InChI is InChI=1S/C17H18N2O3/c1-4-18(14-8-5-7-12(2)11-14)17(20)15-9-6-10-16(13(15)3)19(21)22/h5-11H,4H2,1-3H3. The van der Waals surface area contributed by atoms with Crippen molar-refractivity contribution in [3.8, 4) is 0 Å². The number of hydrogen-bond acceptors (Lipinski definition) is 3. The van der Waals surface area contributed by atoms with Gasteiger partial charge in [-0.25, -0.2) is 0 Å². The third kappa shape index (κ3) is 2.98. The molecule has 0 N–H and O–H groups in total. The van der Waals surface area contributed by atoms with Gasteiger partial charge in [0.05, 0.1) is 4.92 Å². The molecule has 0 aliphatic heterocycles. The molecule has 0 atom stereocenters. The highest BCUT2D eigenvalue weighted by molar-refractivity contribution is 6.07. The van der Waals surface area contributed by atoms with Crippen molar-refractivity contribution in [3.05, 3.63) is 69.3 Å². The summed E-state index contributed by atoms with van der Waals surface area (Å²) in [5, 5.41) is 11.0. The van der Waals surface area contributed by atoms with Gasteiger partial charge in [-0.3, -0.25) is 14.9 Å². The summed E-state index contributed by atoms with van der Waals surface area (Å²) >= 11 is 0. The lowest BCUT2D eigenvalue weighted by Gasteiger charge is -2.22. The van der Waals surface area contributed by atoms with Crippen LogP contribution in [0.15, 0.2) is 42.5 Å². The Labute approximate surface area is 129 Å². The monoisotopic (exact) mass is 298 g/mol. The average molecular weight is 298 g/mol. The second kappa shape index (κ2) is 6.39. The summed E-state index contributed by atoms with van der Waals surface area (Å²) in [6.07, 6.45) is 0. The van der Waals surface area contributed by atoms with Crippen LogP contribution in [0.2, 0.25) is 0 Å². The van der Waals surface area contributed by atoms with Crippen molar-refractivity contribution < 1.29 is 9.72 Å². The van der Waals surface area contributed by atoms with Crippen molar-refractivity contribution in [2.75, 3.05) is 11.4 Å². The summed E-state index contributed by atoms with van der Waals surface area (Å²) in [6.45, 7) is 5.94. The number of nitrogens with zero attached hydrogens (tertiary/aromatic N) is 2. The average Bonchev–Trinajstić information content (AvgIpc) is 2.48. The molecule has 5 heteroatoms. The number of aryl methyl sites for hydroxylation is 1. The SMILES string of the molecule is CCN(C(=O)c1cccc([N+](=O)[O-])c1C)c1cccc(C)c1. The summed E-state index contributed by atoms with van der Waals surface area (Å²) in [6, 6.07) is 12.2. The van der Waals surface area contributed by atoms with Gasteiger partial charge in [0.2, 0.25) is 0 Å². The van der Waals surface area contributed by atoms with Crippen LogP contribution >= 0.6 is 0 Å². The Bertz CT molecular complexity index is 726. The Kier molecular flexibility index (Phi) is 4.56. The van der Waals surface area contributed by atoms with Crippen LogP contribution in [0, 0.1) is 24.0 Å². The van der Waals surface area contributed by atoms with Crippen LogP contribution < -0.4 is 4.90 Å². The van der Waals surface area contributed by atoms with E-state index in [1.54, 1.807) is 24.0 Å². The second-order valence-corrected chi connectivity index (χ2v) is 5.10. The highest BCUT2D eigenvalue weighted by Crippen LogP contribution is 2.25. The Morgan fingerprint density at radius 3 is 2.45 bits per heavy atom. The number of hydrogen-bond donors (Lipinski definition) is 0. The number of rotatable bonds is 4. The van der Waals surface area contributed by atoms with Gasteiger partial charge in [-0.1, -0.05) is 18.2 Å². The molecule has 0 unspecified atom stereocenters. The molecule has 5 nitrogen and oxygen atoms in total. The van der Waals surface area contributed by atoms with Crippen molar-refractivity contribution in [3.63, 3.8) is 0 Å². The lowest BCUT2D eigenvalue weighted by molar-refractivity contribution is -0.385. The predicted octanol–water partition coefficient (Wildman–Crippen LogP) is 3.88. The predicted molar refractivity (Wildman–Crippen MR) is 86.4 cm³/mol. The Balaban J connectivity index is 2.46. The van der Waals surface area contributed by atoms with Crippen molar-refractivity contribution in [1.29, 1.82) is 0 Å². The molecule has 0 saturated heterocycles. The van der Waals surface area contributed by atoms with Gasteiger partial charge >= 0.3 is 0 Å². The largest absolute Gasteiger partial charge is 0.309 e. The molecule has 0 aliphatic rings. The quantitative estimate of drug-likeness (QED) is 0.635. The van der Waals surface area contributed by atoms with E-state index < -0.39 is 4.92 Å². The molecule has 0 bridgehead atoms. The zero-order valence-corrected chi connectivity index (χ0v) is 12.9. The fourth-order valence-corrected chi connectivity index (χ4v) is 2.44. The van der Waals surface area contributed by atoms with E-state index in [-0.39, 0.29) is 11.6 Å². The summed E-state index contributed by atoms with van der Waals surface area (Å²) in [7, 11) is 0. The second-order valence-electron chi connectivity index (χ2n) is 5.10. The molecular formula is C17H18N2O3.